The number of nitrogens with two attached hydrogens (primary N) is 1. The number of hydrogen-bond donors (Lipinski definition) is 2. The molecule has 4 rings (SSSR count). The molecule has 0 bridgehead atoms. The molecule has 1 aliphatic heterocycles. The number of carbonyl (C=O) groups excluding carboxylic acids is 1. The smallest absolute Gasteiger partial charge is 0.227 e. The Bertz CT molecular complexity index is 985. The second kappa shape index (κ2) is 8.81. The summed E-state index contributed by atoms with van der Waals surface area (Å²) < 4.78 is 11.3. The lowest BCUT2D eigenvalue weighted by Gasteiger charge is -2.23. The van der Waals surface area contributed by atoms with E-state index in [9.17, 15) is 4.79 Å². The van der Waals surface area contributed by atoms with Gasteiger partial charge in [0.2, 0.25) is 11.9 Å². The SMILES string of the molecule is NC(=O)Cc1ccc(-c2ccnc(Nc3cccc(C4COCCO4)c3)n2)cc1. The molecule has 1 atom stereocenters. The molecule has 0 radical (unpaired) electrons. The van der Waals surface area contributed by atoms with Gasteiger partial charge in [0.05, 0.1) is 31.9 Å². The molecule has 3 aromatic rings. The number of nitrogens with one attached hydrogen (secondary N) is 1. The van der Waals surface area contributed by atoms with Crippen molar-refractivity contribution in [2.45, 2.75) is 12.5 Å². The Morgan fingerprint density at radius 2 is 2.00 bits per heavy atom. The van der Waals surface area contributed by atoms with Crippen molar-refractivity contribution in [1.82, 2.24) is 9.97 Å². The molecule has 1 aromatic heterocycles. The van der Waals surface area contributed by atoms with Crippen LogP contribution in [-0.2, 0) is 20.7 Å². The summed E-state index contributed by atoms with van der Waals surface area (Å²) in [6.45, 7) is 1.80. The predicted octanol–water partition coefficient (Wildman–Crippen LogP) is 3.00. The Morgan fingerprint density at radius 3 is 2.76 bits per heavy atom. The van der Waals surface area contributed by atoms with Crippen LogP contribution in [0.3, 0.4) is 0 Å². The Balaban J connectivity index is 1.50. The van der Waals surface area contributed by atoms with Crippen LogP contribution in [0.2, 0.25) is 0 Å². The topological polar surface area (TPSA) is 99.4 Å². The molecule has 1 amide bonds. The van der Waals surface area contributed by atoms with Crippen molar-refractivity contribution in [2.75, 3.05) is 25.1 Å². The van der Waals surface area contributed by atoms with E-state index in [0.717, 1.165) is 28.1 Å². The highest BCUT2D eigenvalue weighted by atomic mass is 16.6. The maximum absolute atomic E-state index is 11.0. The highest BCUT2D eigenvalue weighted by Crippen LogP contribution is 2.25. The van der Waals surface area contributed by atoms with E-state index in [1.54, 1.807) is 6.20 Å². The zero-order valence-corrected chi connectivity index (χ0v) is 15.9. The summed E-state index contributed by atoms with van der Waals surface area (Å²) in [7, 11) is 0. The van der Waals surface area contributed by atoms with Crippen molar-refractivity contribution in [3.63, 3.8) is 0 Å². The van der Waals surface area contributed by atoms with E-state index in [1.165, 1.54) is 0 Å². The van der Waals surface area contributed by atoms with Gasteiger partial charge in [0.1, 0.15) is 6.10 Å². The minimum atomic E-state index is -0.348. The Hall–Kier alpha value is -3.29. The Labute approximate surface area is 168 Å². The van der Waals surface area contributed by atoms with Crippen LogP contribution in [0.5, 0.6) is 0 Å². The first-order valence-corrected chi connectivity index (χ1v) is 9.44. The predicted molar refractivity (Wildman–Crippen MR) is 110 cm³/mol. The molecule has 0 saturated carbocycles. The zero-order valence-electron chi connectivity index (χ0n) is 15.9. The number of benzene rings is 2. The minimum absolute atomic E-state index is 0.0586. The summed E-state index contributed by atoms with van der Waals surface area (Å²) in [5.41, 5.74) is 9.77. The molecule has 7 nitrogen and oxygen atoms in total. The van der Waals surface area contributed by atoms with Crippen molar-refractivity contribution in [3.05, 3.63) is 71.9 Å². The minimum Gasteiger partial charge on any atom is -0.376 e. The van der Waals surface area contributed by atoms with Crippen LogP contribution in [0.4, 0.5) is 11.6 Å². The van der Waals surface area contributed by atoms with E-state index in [2.05, 4.69) is 15.3 Å². The molecule has 1 unspecified atom stereocenters. The summed E-state index contributed by atoms with van der Waals surface area (Å²) in [4.78, 5) is 20.0. The molecule has 2 heterocycles. The molecule has 1 saturated heterocycles. The summed E-state index contributed by atoms with van der Waals surface area (Å²) >= 11 is 0. The fraction of sp³-hybridized carbons (Fsp3) is 0.227. The number of carbonyl (C=O) groups is 1. The first-order valence-electron chi connectivity index (χ1n) is 9.44. The molecule has 29 heavy (non-hydrogen) atoms. The highest BCUT2D eigenvalue weighted by Gasteiger charge is 2.16. The fourth-order valence-electron chi connectivity index (χ4n) is 3.20. The lowest BCUT2D eigenvalue weighted by molar-refractivity contribution is -0.117. The number of hydrogen-bond acceptors (Lipinski definition) is 6. The van der Waals surface area contributed by atoms with Gasteiger partial charge in [-0.05, 0) is 29.3 Å². The van der Waals surface area contributed by atoms with Crippen molar-refractivity contribution in [1.29, 1.82) is 0 Å². The zero-order chi connectivity index (χ0) is 20.1. The van der Waals surface area contributed by atoms with Gasteiger partial charge in [-0.3, -0.25) is 4.79 Å². The number of primary amides is 1. The molecule has 3 N–H and O–H groups in total. The van der Waals surface area contributed by atoms with Crippen LogP contribution in [0.1, 0.15) is 17.2 Å². The van der Waals surface area contributed by atoms with E-state index in [1.807, 2.05) is 54.6 Å². The van der Waals surface area contributed by atoms with Crippen molar-refractivity contribution in [2.24, 2.45) is 5.73 Å². The second-order valence-corrected chi connectivity index (χ2v) is 6.79. The van der Waals surface area contributed by atoms with E-state index in [0.29, 0.717) is 25.8 Å². The van der Waals surface area contributed by atoms with Crippen LogP contribution < -0.4 is 11.1 Å². The van der Waals surface area contributed by atoms with Gasteiger partial charge in [0.15, 0.2) is 0 Å². The Morgan fingerprint density at radius 1 is 1.14 bits per heavy atom. The normalized spacial score (nSPS) is 16.3. The molecule has 0 aliphatic carbocycles. The van der Waals surface area contributed by atoms with Gasteiger partial charge < -0.3 is 20.5 Å². The number of nitrogens with zero attached hydrogens (tertiary/aromatic N) is 2. The lowest BCUT2D eigenvalue weighted by Crippen LogP contribution is -2.21. The van der Waals surface area contributed by atoms with Gasteiger partial charge in [-0.1, -0.05) is 36.4 Å². The van der Waals surface area contributed by atoms with E-state index >= 15 is 0 Å². The van der Waals surface area contributed by atoms with Crippen LogP contribution >= 0.6 is 0 Å². The van der Waals surface area contributed by atoms with Gasteiger partial charge in [0, 0.05) is 17.4 Å². The largest absolute Gasteiger partial charge is 0.376 e. The summed E-state index contributed by atoms with van der Waals surface area (Å²) in [5, 5.41) is 3.25. The summed E-state index contributed by atoms with van der Waals surface area (Å²) in [5.74, 6) is 0.153. The third-order valence-corrected chi connectivity index (χ3v) is 4.61. The van der Waals surface area contributed by atoms with Crippen molar-refractivity contribution in [3.8, 4) is 11.3 Å². The van der Waals surface area contributed by atoms with Gasteiger partial charge in [-0.15, -0.1) is 0 Å². The van der Waals surface area contributed by atoms with E-state index < -0.39 is 0 Å². The maximum atomic E-state index is 11.0. The van der Waals surface area contributed by atoms with Crippen LogP contribution in [-0.4, -0.2) is 35.7 Å². The summed E-state index contributed by atoms with van der Waals surface area (Å²) in [6, 6.07) is 17.4. The molecular formula is C22H22N4O3. The third-order valence-electron chi connectivity index (χ3n) is 4.61. The first kappa shape index (κ1) is 19.0. The summed E-state index contributed by atoms with van der Waals surface area (Å²) in [6.07, 6.45) is 1.88. The fourth-order valence-corrected chi connectivity index (χ4v) is 3.20. The number of amides is 1. The van der Waals surface area contributed by atoms with Crippen molar-refractivity contribution < 1.29 is 14.3 Å². The number of ether oxygens (including phenoxy) is 2. The average molecular weight is 390 g/mol. The molecule has 7 heteroatoms. The lowest BCUT2D eigenvalue weighted by atomic mass is 10.1. The quantitative estimate of drug-likeness (QED) is 0.671. The molecule has 2 aromatic carbocycles. The van der Waals surface area contributed by atoms with Gasteiger partial charge in [-0.25, -0.2) is 9.97 Å². The third kappa shape index (κ3) is 4.96. The monoisotopic (exact) mass is 390 g/mol. The van der Waals surface area contributed by atoms with Gasteiger partial charge >= 0.3 is 0 Å². The van der Waals surface area contributed by atoms with Crippen LogP contribution in [0.15, 0.2) is 60.8 Å². The van der Waals surface area contributed by atoms with Gasteiger partial charge in [-0.2, -0.15) is 0 Å². The number of anilines is 2. The molecule has 148 valence electrons. The van der Waals surface area contributed by atoms with E-state index in [-0.39, 0.29) is 18.4 Å². The molecule has 0 spiro atoms. The maximum Gasteiger partial charge on any atom is 0.227 e. The second-order valence-electron chi connectivity index (χ2n) is 6.79. The molecular weight excluding hydrogens is 368 g/mol. The molecule has 1 aliphatic rings. The average Bonchev–Trinajstić information content (AvgIpc) is 2.75. The van der Waals surface area contributed by atoms with E-state index in [4.69, 9.17) is 15.2 Å². The standard InChI is InChI=1S/C22H22N4O3/c23-21(27)12-15-4-6-16(7-5-15)19-8-9-24-22(26-19)25-18-3-1-2-17(13-18)20-14-28-10-11-29-20/h1-9,13,20H,10-12,14H2,(H2,23,27)(H,24,25,26). The first-order chi connectivity index (χ1) is 14.2. The molecule has 1 fully saturated rings. The highest BCUT2D eigenvalue weighted by molar-refractivity contribution is 5.76. The van der Waals surface area contributed by atoms with Crippen LogP contribution in [0.25, 0.3) is 11.3 Å². The van der Waals surface area contributed by atoms with Crippen molar-refractivity contribution >= 4 is 17.5 Å². The van der Waals surface area contributed by atoms with Gasteiger partial charge in [0.25, 0.3) is 0 Å². The van der Waals surface area contributed by atoms with Crippen LogP contribution in [0, 0.1) is 0 Å². The number of rotatable bonds is 6. The number of aromatic nitrogens is 2. The Kier molecular flexibility index (Phi) is 5.79.